The van der Waals surface area contributed by atoms with Gasteiger partial charge < -0.3 is 15.8 Å². The minimum atomic E-state index is -3.62. The summed E-state index contributed by atoms with van der Waals surface area (Å²) in [6.07, 6.45) is 1.71. The van der Waals surface area contributed by atoms with Crippen LogP contribution in [0.5, 0.6) is 5.75 Å². The summed E-state index contributed by atoms with van der Waals surface area (Å²) >= 11 is 0. The van der Waals surface area contributed by atoms with Gasteiger partial charge in [0, 0.05) is 24.8 Å². The molecule has 1 heterocycles. The number of anilines is 1. The molecule has 2 aromatic carbocycles. The Kier molecular flexibility index (Phi) is 5.79. The Morgan fingerprint density at radius 3 is 2.44 bits per heavy atom. The summed E-state index contributed by atoms with van der Waals surface area (Å²) in [5, 5.41) is 2.71. The van der Waals surface area contributed by atoms with Crippen molar-refractivity contribution in [1.29, 1.82) is 0 Å². The van der Waals surface area contributed by atoms with Crippen LogP contribution in [0.25, 0.3) is 0 Å². The summed E-state index contributed by atoms with van der Waals surface area (Å²) in [6.45, 7) is 1.02. The average molecular weight is 389 g/mol. The molecule has 2 aromatic rings. The summed E-state index contributed by atoms with van der Waals surface area (Å²) in [5.74, 6) is -0.202. The Morgan fingerprint density at radius 2 is 1.81 bits per heavy atom. The lowest BCUT2D eigenvalue weighted by atomic mass is 10.1. The molecule has 1 unspecified atom stereocenters. The summed E-state index contributed by atoms with van der Waals surface area (Å²) in [5.41, 5.74) is 7.10. The number of ether oxygens (including phenoxy) is 1. The lowest BCUT2D eigenvalue weighted by Crippen LogP contribution is -2.29. The van der Waals surface area contributed by atoms with Gasteiger partial charge in [-0.25, -0.2) is 8.42 Å². The van der Waals surface area contributed by atoms with Crippen molar-refractivity contribution in [2.45, 2.75) is 23.8 Å². The van der Waals surface area contributed by atoms with Crippen LogP contribution < -0.4 is 15.8 Å². The number of nitrogens with zero attached hydrogens (tertiary/aromatic N) is 1. The maximum Gasteiger partial charge on any atom is 0.246 e. The molecule has 3 N–H and O–H groups in total. The number of nitrogens with one attached hydrogen (secondary N) is 1. The summed E-state index contributed by atoms with van der Waals surface area (Å²) in [7, 11) is -2.21. The molecule has 1 saturated heterocycles. The van der Waals surface area contributed by atoms with Gasteiger partial charge in [0.05, 0.1) is 7.11 Å². The lowest BCUT2D eigenvalue weighted by molar-refractivity contribution is -0.117. The van der Waals surface area contributed by atoms with Gasteiger partial charge in [-0.2, -0.15) is 4.31 Å². The molecular weight excluding hydrogens is 366 g/mol. The van der Waals surface area contributed by atoms with Crippen LogP contribution in [-0.4, -0.2) is 38.8 Å². The van der Waals surface area contributed by atoms with Crippen LogP contribution in [0.2, 0.25) is 0 Å². The molecule has 144 valence electrons. The number of hydrogen-bond acceptors (Lipinski definition) is 5. The smallest absolute Gasteiger partial charge is 0.246 e. The van der Waals surface area contributed by atoms with Crippen molar-refractivity contribution in [2.24, 2.45) is 5.73 Å². The number of benzene rings is 2. The second-order valence-corrected chi connectivity index (χ2v) is 8.26. The minimum Gasteiger partial charge on any atom is -0.495 e. The Hall–Kier alpha value is -2.42. The zero-order valence-electron chi connectivity index (χ0n) is 15.1. The van der Waals surface area contributed by atoms with Crippen LogP contribution in [0, 0.1) is 0 Å². The summed E-state index contributed by atoms with van der Waals surface area (Å²) in [6, 6.07) is 12.7. The maximum absolute atomic E-state index is 12.8. The zero-order chi connectivity index (χ0) is 19.4. The predicted molar refractivity (Wildman–Crippen MR) is 103 cm³/mol. The van der Waals surface area contributed by atoms with E-state index in [9.17, 15) is 13.2 Å². The molecule has 1 aliphatic heterocycles. The first-order valence-corrected chi connectivity index (χ1v) is 10.2. The van der Waals surface area contributed by atoms with E-state index in [0.29, 0.717) is 24.3 Å². The molecule has 3 rings (SSSR count). The molecule has 0 saturated carbocycles. The van der Waals surface area contributed by atoms with Crippen molar-refractivity contribution in [3.8, 4) is 5.75 Å². The fraction of sp³-hybridized carbons (Fsp3) is 0.316. The van der Waals surface area contributed by atoms with Crippen molar-refractivity contribution in [1.82, 2.24) is 4.31 Å². The zero-order valence-corrected chi connectivity index (χ0v) is 15.9. The first-order valence-electron chi connectivity index (χ1n) is 8.73. The van der Waals surface area contributed by atoms with Crippen molar-refractivity contribution in [3.63, 3.8) is 0 Å². The number of carbonyl (C=O) groups excluding carboxylic acids is 1. The van der Waals surface area contributed by atoms with Gasteiger partial charge in [0.2, 0.25) is 15.9 Å². The largest absolute Gasteiger partial charge is 0.495 e. The lowest BCUT2D eigenvalue weighted by Gasteiger charge is -2.19. The van der Waals surface area contributed by atoms with Gasteiger partial charge in [-0.05, 0) is 30.5 Å². The molecule has 27 heavy (non-hydrogen) atoms. The molecule has 7 nitrogen and oxygen atoms in total. The second-order valence-electron chi connectivity index (χ2n) is 6.35. The van der Waals surface area contributed by atoms with Gasteiger partial charge in [0.1, 0.15) is 16.7 Å². The Morgan fingerprint density at radius 1 is 1.15 bits per heavy atom. The normalized spacial score (nSPS) is 16.1. The van der Waals surface area contributed by atoms with E-state index >= 15 is 0 Å². The third kappa shape index (κ3) is 4.13. The van der Waals surface area contributed by atoms with Crippen LogP contribution in [0.15, 0.2) is 53.4 Å². The number of nitrogens with two attached hydrogens (primary N) is 1. The fourth-order valence-corrected chi connectivity index (χ4v) is 4.71. The molecule has 1 atom stereocenters. The van der Waals surface area contributed by atoms with Gasteiger partial charge in [0.25, 0.3) is 0 Å². The van der Waals surface area contributed by atoms with Gasteiger partial charge in [0.15, 0.2) is 0 Å². The average Bonchev–Trinajstić information content (AvgIpc) is 3.23. The third-order valence-corrected chi connectivity index (χ3v) is 6.49. The highest BCUT2D eigenvalue weighted by Gasteiger charge is 2.30. The standard InChI is InChI=1S/C19H23N3O4S/c1-26-16-13-15(21-19(23)18(20)14-7-3-2-4-8-14)9-10-17(16)27(24,25)22-11-5-6-12-22/h2-4,7-10,13,18H,5-6,11-12,20H2,1H3,(H,21,23). The van der Waals surface area contributed by atoms with Gasteiger partial charge in [-0.1, -0.05) is 30.3 Å². The van der Waals surface area contributed by atoms with Crippen molar-refractivity contribution in [3.05, 3.63) is 54.1 Å². The number of carbonyl (C=O) groups is 1. The SMILES string of the molecule is COc1cc(NC(=O)C(N)c2ccccc2)ccc1S(=O)(=O)N1CCCC1. The van der Waals surface area contributed by atoms with Gasteiger partial charge in [-0.3, -0.25) is 4.79 Å². The summed E-state index contributed by atoms with van der Waals surface area (Å²) < 4.78 is 32.3. The van der Waals surface area contributed by atoms with Crippen molar-refractivity contribution in [2.75, 3.05) is 25.5 Å². The molecule has 8 heteroatoms. The molecule has 1 aliphatic rings. The molecule has 0 spiro atoms. The van der Waals surface area contributed by atoms with Crippen molar-refractivity contribution >= 4 is 21.6 Å². The Labute approximate surface area is 159 Å². The minimum absolute atomic E-state index is 0.0947. The van der Waals surface area contributed by atoms with Gasteiger partial charge >= 0.3 is 0 Å². The molecule has 1 fully saturated rings. The van der Waals surface area contributed by atoms with Crippen molar-refractivity contribution < 1.29 is 17.9 Å². The Balaban J connectivity index is 1.81. The first-order chi connectivity index (χ1) is 12.9. The molecule has 1 amide bonds. The van der Waals surface area contributed by atoms with Crippen LogP contribution in [-0.2, 0) is 14.8 Å². The third-order valence-electron chi connectivity index (χ3n) is 4.56. The highest BCUT2D eigenvalue weighted by molar-refractivity contribution is 7.89. The number of rotatable bonds is 6. The molecule has 0 radical (unpaired) electrons. The molecule has 0 bridgehead atoms. The number of sulfonamides is 1. The quantitative estimate of drug-likeness (QED) is 0.788. The summed E-state index contributed by atoms with van der Waals surface area (Å²) in [4.78, 5) is 12.5. The van der Waals surface area contributed by atoms with Crippen LogP contribution in [0.3, 0.4) is 0 Å². The first kappa shape index (κ1) is 19.3. The monoisotopic (exact) mass is 389 g/mol. The van der Waals surface area contributed by atoms with Gasteiger partial charge in [-0.15, -0.1) is 0 Å². The van der Waals surface area contributed by atoms with Crippen LogP contribution >= 0.6 is 0 Å². The van der Waals surface area contributed by atoms with E-state index in [0.717, 1.165) is 12.8 Å². The maximum atomic E-state index is 12.8. The second kappa shape index (κ2) is 8.08. The highest BCUT2D eigenvalue weighted by Crippen LogP contribution is 2.31. The van der Waals surface area contributed by atoms with E-state index in [1.54, 1.807) is 18.2 Å². The van der Waals surface area contributed by atoms with Crippen LogP contribution in [0.4, 0.5) is 5.69 Å². The Bertz CT molecular complexity index is 910. The number of hydrogen-bond donors (Lipinski definition) is 2. The van der Waals surface area contributed by atoms with Crippen LogP contribution in [0.1, 0.15) is 24.4 Å². The predicted octanol–water partition coefficient (Wildman–Crippen LogP) is 2.12. The van der Waals surface area contributed by atoms with E-state index in [1.807, 2.05) is 18.2 Å². The topological polar surface area (TPSA) is 102 Å². The van der Waals surface area contributed by atoms with E-state index in [4.69, 9.17) is 10.5 Å². The van der Waals surface area contributed by atoms with E-state index in [2.05, 4.69) is 5.32 Å². The highest BCUT2D eigenvalue weighted by atomic mass is 32.2. The molecule has 0 aromatic heterocycles. The van der Waals surface area contributed by atoms with E-state index in [1.165, 1.54) is 23.5 Å². The number of methoxy groups -OCH3 is 1. The van der Waals surface area contributed by atoms with E-state index in [-0.39, 0.29) is 10.6 Å². The van der Waals surface area contributed by atoms with E-state index < -0.39 is 22.0 Å². The number of amides is 1. The molecular formula is C19H23N3O4S. The molecule has 0 aliphatic carbocycles. The fourth-order valence-electron chi connectivity index (χ4n) is 3.06.